The Morgan fingerprint density at radius 1 is 1.07 bits per heavy atom. The average molecular weight is 378 g/mol. The van der Waals surface area contributed by atoms with Crippen LogP contribution >= 0.6 is 0 Å². The maximum absolute atomic E-state index is 4.57. The summed E-state index contributed by atoms with van der Waals surface area (Å²) in [6.07, 6.45) is 5.33. The molecule has 5 nitrogen and oxygen atoms in total. The van der Waals surface area contributed by atoms with E-state index in [1.165, 1.54) is 23.1 Å². The molecule has 1 saturated carbocycles. The first-order valence-electron chi connectivity index (χ1n) is 10.4. The molecular weight excluding hydrogens is 346 g/mol. The summed E-state index contributed by atoms with van der Waals surface area (Å²) in [4.78, 5) is 11.4. The molecule has 148 valence electrons. The molecule has 2 N–H and O–H groups in total. The van der Waals surface area contributed by atoms with Gasteiger partial charge in [-0.2, -0.15) is 0 Å². The second-order valence-corrected chi connectivity index (χ2v) is 8.12. The van der Waals surface area contributed by atoms with Gasteiger partial charge in [-0.1, -0.05) is 30.3 Å². The van der Waals surface area contributed by atoms with Crippen molar-refractivity contribution in [1.82, 2.24) is 15.6 Å². The van der Waals surface area contributed by atoms with E-state index in [4.69, 9.17) is 0 Å². The van der Waals surface area contributed by atoms with Gasteiger partial charge in [-0.25, -0.2) is 4.98 Å². The molecule has 2 heterocycles. The standard InChI is InChI=1S/C23H31N5/c1-16-8-9-22(25-15-16)28-12-10-18(11-13-28)26-23(24-3)27-21-14-20(21)19-7-5-4-6-17(19)2/h4-9,15,18,20-21H,10-14H2,1-3H3,(H2,24,26,27). The number of aromatic nitrogens is 1. The number of benzene rings is 1. The van der Waals surface area contributed by atoms with Crippen LogP contribution in [0.1, 0.15) is 41.9 Å². The van der Waals surface area contributed by atoms with Crippen LogP contribution in [0.15, 0.2) is 47.6 Å². The fourth-order valence-electron chi connectivity index (χ4n) is 4.14. The van der Waals surface area contributed by atoms with E-state index < -0.39 is 0 Å². The van der Waals surface area contributed by atoms with Crippen molar-refractivity contribution in [2.24, 2.45) is 4.99 Å². The molecule has 1 aliphatic heterocycles. The Hall–Kier alpha value is -2.56. The van der Waals surface area contributed by atoms with Crippen molar-refractivity contribution in [3.63, 3.8) is 0 Å². The molecule has 1 aliphatic carbocycles. The van der Waals surface area contributed by atoms with E-state index in [2.05, 4.69) is 75.8 Å². The first-order chi connectivity index (χ1) is 13.6. The molecule has 2 fully saturated rings. The van der Waals surface area contributed by atoms with E-state index in [1.54, 1.807) is 0 Å². The van der Waals surface area contributed by atoms with Crippen LogP contribution in [0.4, 0.5) is 5.82 Å². The molecule has 2 atom stereocenters. The van der Waals surface area contributed by atoms with Gasteiger partial charge < -0.3 is 15.5 Å². The first kappa shape index (κ1) is 18.8. The second kappa shape index (κ2) is 8.21. The summed E-state index contributed by atoms with van der Waals surface area (Å²) in [6.45, 7) is 6.34. The number of nitrogens with one attached hydrogen (secondary N) is 2. The van der Waals surface area contributed by atoms with Crippen LogP contribution in [-0.2, 0) is 0 Å². The van der Waals surface area contributed by atoms with Gasteiger partial charge in [-0.3, -0.25) is 4.99 Å². The second-order valence-electron chi connectivity index (χ2n) is 8.12. The fraction of sp³-hybridized carbons (Fsp3) is 0.478. The zero-order valence-corrected chi connectivity index (χ0v) is 17.2. The smallest absolute Gasteiger partial charge is 0.191 e. The molecule has 1 aromatic heterocycles. The van der Waals surface area contributed by atoms with Crippen LogP contribution in [0.3, 0.4) is 0 Å². The predicted molar refractivity (Wildman–Crippen MR) is 116 cm³/mol. The van der Waals surface area contributed by atoms with Gasteiger partial charge in [0, 0.05) is 44.3 Å². The Labute approximate surface area is 168 Å². The van der Waals surface area contributed by atoms with Gasteiger partial charge in [0.15, 0.2) is 5.96 Å². The summed E-state index contributed by atoms with van der Waals surface area (Å²) in [5.74, 6) is 2.63. The number of anilines is 1. The highest BCUT2D eigenvalue weighted by Gasteiger charge is 2.39. The topological polar surface area (TPSA) is 52.6 Å². The van der Waals surface area contributed by atoms with E-state index in [1.807, 2.05) is 13.2 Å². The molecule has 0 spiro atoms. The third-order valence-electron chi connectivity index (χ3n) is 5.98. The maximum atomic E-state index is 4.57. The molecule has 0 radical (unpaired) electrons. The van der Waals surface area contributed by atoms with Crippen LogP contribution < -0.4 is 15.5 Å². The summed E-state index contributed by atoms with van der Waals surface area (Å²) in [5, 5.41) is 7.26. The van der Waals surface area contributed by atoms with Crippen LogP contribution in [-0.4, -0.2) is 43.2 Å². The number of rotatable bonds is 4. The number of hydrogen-bond donors (Lipinski definition) is 2. The summed E-state index contributed by atoms with van der Waals surface area (Å²) in [6, 6.07) is 13.9. The van der Waals surface area contributed by atoms with Gasteiger partial charge >= 0.3 is 0 Å². The lowest BCUT2D eigenvalue weighted by Crippen LogP contribution is -2.49. The van der Waals surface area contributed by atoms with Gasteiger partial charge in [0.25, 0.3) is 0 Å². The number of hydrogen-bond acceptors (Lipinski definition) is 3. The lowest BCUT2D eigenvalue weighted by Gasteiger charge is -2.33. The largest absolute Gasteiger partial charge is 0.356 e. The molecule has 1 aromatic carbocycles. The summed E-state index contributed by atoms with van der Waals surface area (Å²) < 4.78 is 0. The maximum Gasteiger partial charge on any atom is 0.191 e. The van der Waals surface area contributed by atoms with Gasteiger partial charge in [-0.05, 0) is 55.9 Å². The van der Waals surface area contributed by atoms with Crippen molar-refractivity contribution < 1.29 is 0 Å². The van der Waals surface area contributed by atoms with Gasteiger partial charge in [-0.15, -0.1) is 0 Å². The third-order valence-corrected chi connectivity index (χ3v) is 5.98. The van der Waals surface area contributed by atoms with E-state index in [0.29, 0.717) is 18.0 Å². The summed E-state index contributed by atoms with van der Waals surface area (Å²) in [7, 11) is 1.87. The lowest BCUT2D eigenvalue weighted by molar-refractivity contribution is 0.459. The van der Waals surface area contributed by atoms with E-state index in [-0.39, 0.29) is 0 Å². The quantitative estimate of drug-likeness (QED) is 0.633. The molecule has 2 aliphatic rings. The van der Waals surface area contributed by atoms with Crippen molar-refractivity contribution in [3.05, 3.63) is 59.3 Å². The van der Waals surface area contributed by atoms with Gasteiger partial charge in [0.1, 0.15) is 5.82 Å². The molecule has 28 heavy (non-hydrogen) atoms. The van der Waals surface area contributed by atoms with Crippen LogP contribution in [0.2, 0.25) is 0 Å². The Kier molecular flexibility index (Phi) is 5.51. The molecule has 2 aromatic rings. The lowest BCUT2D eigenvalue weighted by atomic mass is 10.0. The highest BCUT2D eigenvalue weighted by atomic mass is 15.2. The van der Waals surface area contributed by atoms with Crippen LogP contribution in [0.25, 0.3) is 0 Å². The van der Waals surface area contributed by atoms with Crippen molar-refractivity contribution in [2.45, 2.75) is 51.1 Å². The number of nitrogens with zero attached hydrogens (tertiary/aromatic N) is 3. The molecule has 5 heteroatoms. The van der Waals surface area contributed by atoms with Gasteiger partial charge in [0.2, 0.25) is 0 Å². The molecule has 2 unspecified atom stereocenters. The molecule has 4 rings (SSSR count). The Morgan fingerprint density at radius 2 is 1.86 bits per heavy atom. The highest BCUT2D eigenvalue weighted by Crippen LogP contribution is 2.42. The van der Waals surface area contributed by atoms with E-state index >= 15 is 0 Å². The molecule has 0 bridgehead atoms. The first-order valence-corrected chi connectivity index (χ1v) is 10.4. The summed E-state index contributed by atoms with van der Waals surface area (Å²) >= 11 is 0. The third kappa shape index (κ3) is 4.29. The predicted octanol–water partition coefficient (Wildman–Crippen LogP) is 3.39. The number of aliphatic imine (C=N–C) groups is 1. The number of guanidine groups is 1. The minimum Gasteiger partial charge on any atom is -0.356 e. The molecule has 0 amide bonds. The van der Waals surface area contributed by atoms with Crippen LogP contribution in [0.5, 0.6) is 0 Å². The average Bonchev–Trinajstić information content (AvgIpc) is 3.48. The van der Waals surface area contributed by atoms with E-state index in [0.717, 1.165) is 37.7 Å². The zero-order chi connectivity index (χ0) is 19.5. The number of aryl methyl sites for hydroxylation is 2. The Morgan fingerprint density at radius 3 is 2.54 bits per heavy atom. The zero-order valence-electron chi connectivity index (χ0n) is 17.2. The number of piperidine rings is 1. The van der Waals surface area contributed by atoms with Crippen molar-refractivity contribution in [3.8, 4) is 0 Å². The van der Waals surface area contributed by atoms with Crippen molar-refractivity contribution in [2.75, 3.05) is 25.0 Å². The van der Waals surface area contributed by atoms with E-state index in [9.17, 15) is 0 Å². The SMILES string of the molecule is CN=C(NC1CCN(c2ccc(C)cn2)CC1)NC1CC1c1ccccc1C. The highest BCUT2D eigenvalue weighted by molar-refractivity contribution is 5.81. The Balaban J connectivity index is 1.26. The monoisotopic (exact) mass is 377 g/mol. The number of pyridine rings is 1. The van der Waals surface area contributed by atoms with Crippen molar-refractivity contribution >= 4 is 11.8 Å². The minimum atomic E-state index is 0.462. The fourth-order valence-corrected chi connectivity index (χ4v) is 4.14. The summed E-state index contributed by atoms with van der Waals surface area (Å²) in [5.41, 5.74) is 4.06. The molecule has 1 saturated heterocycles. The van der Waals surface area contributed by atoms with Crippen LogP contribution in [0, 0.1) is 13.8 Å². The normalized spacial score (nSPS) is 22.8. The molecular formula is C23H31N5. The van der Waals surface area contributed by atoms with Crippen molar-refractivity contribution in [1.29, 1.82) is 0 Å². The minimum absolute atomic E-state index is 0.462. The van der Waals surface area contributed by atoms with Gasteiger partial charge in [0.05, 0.1) is 0 Å². The Bertz CT molecular complexity index is 821.